The first-order chi connectivity index (χ1) is 15.2. The summed E-state index contributed by atoms with van der Waals surface area (Å²) in [6, 6.07) is 0.876. The third-order valence-corrected chi connectivity index (χ3v) is 7.03. The molecule has 0 bridgehead atoms. The fourth-order valence-corrected chi connectivity index (χ4v) is 5.29. The molecule has 3 aliphatic carbocycles. The normalized spacial score (nSPS) is 22.4. The summed E-state index contributed by atoms with van der Waals surface area (Å²) in [5.74, 6) is -0.989. The highest BCUT2D eigenvalue weighted by Gasteiger charge is 2.35. The van der Waals surface area contributed by atoms with Gasteiger partial charge in [-0.3, -0.25) is 4.90 Å². The van der Waals surface area contributed by atoms with Crippen molar-refractivity contribution in [2.75, 3.05) is 0 Å². The highest BCUT2D eigenvalue weighted by Crippen LogP contribution is 2.26. The molecule has 6 heteroatoms. The lowest BCUT2D eigenvalue weighted by molar-refractivity contribution is -0.143. The van der Waals surface area contributed by atoms with E-state index < -0.39 is 23.7 Å². The average Bonchev–Trinajstić information content (AvgIpc) is 2.75. The maximum atomic E-state index is 12.2. The van der Waals surface area contributed by atoms with Crippen molar-refractivity contribution in [2.45, 2.75) is 154 Å². The number of hydrogen-bond donors (Lipinski definition) is 2. The van der Waals surface area contributed by atoms with E-state index in [-0.39, 0.29) is 6.04 Å². The molecule has 1 atom stereocenters. The Hall–Kier alpha value is -1.30. The van der Waals surface area contributed by atoms with E-state index in [9.17, 15) is 14.7 Å². The summed E-state index contributed by atoms with van der Waals surface area (Å²) in [6.45, 7) is 6.90. The third kappa shape index (κ3) is 9.68. The van der Waals surface area contributed by atoms with Crippen molar-refractivity contribution in [2.24, 2.45) is 0 Å². The first-order valence-electron chi connectivity index (χ1n) is 13.2. The number of nitrogens with one attached hydrogen (secondary N) is 1. The van der Waals surface area contributed by atoms with Crippen molar-refractivity contribution < 1.29 is 19.4 Å². The molecule has 32 heavy (non-hydrogen) atoms. The smallest absolute Gasteiger partial charge is 0.411 e. The van der Waals surface area contributed by atoms with E-state index in [2.05, 4.69) is 5.32 Å². The Balaban J connectivity index is 0.000000242. The quantitative estimate of drug-likeness (QED) is 0.514. The summed E-state index contributed by atoms with van der Waals surface area (Å²) < 4.78 is 5.35. The van der Waals surface area contributed by atoms with Crippen molar-refractivity contribution >= 4 is 12.1 Å². The van der Waals surface area contributed by atoms with E-state index in [4.69, 9.17) is 4.74 Å². The largest absolute Gasteiger partial charge is 0.480 e. The summed E-state index contributed by atoms with van der Waals surface area (Å²) >= 11 is 0. The Labute approximate surface area is 195 Å². The number of nitrogens with zero attached hydrogens (tertiary/aromatic N) is 1. The van der Waals surface area contributed by atoms with Crippen LogP contribution in [0.25, 0.3) is 0 Å². The van der Waals surface area contributed by atoms with E-state index in [0.717, 1.165) is 44.2 Å². The average molecular weight is 453 g/mol. The summed E-state index contributed by atoms with van der Waals surface area (Å²) in [4.78, 5) is 24.9. The zero-order chi connectivity index (χ0) is 23.6. The van der Waals surface area contributed by atoms with Gasteiger partial charge in [0.25, 0.3) is 0 Å². The van der Waals surface area contributed by atoms with Crippen LogP contribution in [0.5, 0.6) is 0 Å². The second kappa shape index (κ2) is 13.4. The molecule has 3 fully saturated rings. The molecular formula is C26H48N2O4. The van der Waals surface area contributed by atoms with Crippen LogP contribution >= 0.6 is 0 Å². The zero-order valence-electron chi connectivity index (χ0n) is 21.0. The van der Waals surface area contributed by atoms with Crippen molar-refractivity contribution in [1.29, 1.82) is 0 Å². The molecule has 0 aliphatic heterocycles. The number of hydrogen-bond acceptors (Lipinski definition) is 4. The first-order valence-corrected chi connectivity index (χ1v) is 13.2. The predicted octanol–water partition coefficient (Wildman–Crippen LogP) is 6.27. The Morgan fingerprint density at radius 3 is 1.59 bits per heavy atom. The van der Waals surface area contributed by atoms with Gasteiger partial charge < -0.3 is 15.2 Å². The standard InChI is InChI=1S/C14H25NO4.C12H23N/c1-10(12(16)17)15(11-8-6-5-7-9-11)13(18)19-14(2,3)4;1-3-7-11(8-4-1)13-12-9-5-2-6-10-12/h10-11H,5-9H2,1-4H3,(H,16,17);11-13H,1-10H2. The Morgan fingerprint density at radius 1 is 0.812 bits per heavy atom. The molecule has 3 saturated carbocycles. The van der Waals surface area contributed by atoms with Crippen molar-refractivity contribution in [3.05, 3.63) is 0 Å². The Bertz CT molecular complexity index is 541. The number of carboxylic acid groups (broad SMARTS) is 1. The maximum Gasteiger partial charge on any atom is 0.411 e. The lowest BCUT2D eigenvalue weighted by atomic mass is 9.91. The number of amides is 1. The molecule has 1 unspecified atom stereocenters. The molecule has 3 rings (SSSR count). The number of carbonyl (C=O) groups excluding carboxylic acids is 1. The molecule has 2 N–H and O–H groups in total. The van der Waals surface area contributed by atoms with Crippen LogP contribution in [-0.4, -0.2) is 51.8 Å². The summed E-state index contributed by atoms with van der Waals surface area (Å²) in [6.07, 6.45) is 19.0. The lowest BCUT2D eigenvalue weighted by Gasteiger charge is -2.37. The van der Waals surface area contributed by atoms with Gasteiger partial charge in [0.2, 0.25) is 0 Å². The van der Waals surface area contributed by atoms with Crippen LogP contribution in [0.2, 0.25) is 0 Å². The fourth-order valence-electron chi connectivity index (χ4n) is 5.29. The highest BCUT2D eigenvalue weighted by atomic mass is 16.6. The summed E-state index contributed by atoms with van der Waals surface area (Å²) in [7, 11) is 0. The molecule has 0 aromatic rings. The van der Waals surface area contributed by atoms with E-state index in [0.29, 0.717) is 0 Å². The third-order valence-electron chi connectivity index (χ3n) is 7.03. The van der Waals surface area contributed by atoms with Crippen LogP contribution in [-0.2, 0) is 9.53 Å². The molecule has 0 saturated heterocycles. The molecule has 0 radical (unpaired) electrons. The number of carboxylic acids is 1. The van der Waals surface area contributed by atoms with E-state index in [1.54, 1.807) is 27.7 Å². The number of carbonyl (C=O) groups is 2. The van der Waals surface area contributed by atoms with Crippen LogP contribution in [0, 0.1) is 0 Å². The van der Waals surface area contributed by atoms with Crippen LogP contribution in [0.15, 0.2) is 0 Å². The molecular weight excluding hydrogens is 404 g/mol. The first kappa shape index (κ1) is 26.9. The van der Waals surface area contributed by atoms with Crippen molar-refractivity contribution in [1.82, 2.24) is 10.2 Å². The van der Waals surface area contributed by atoms with Crippen molar-refractivity contribution in [3.8, 4) is 0 Å². The van der Waals surface area contributed by atoms with Gasteiger partial charge in [-0.15, -0.1) is 0 Å². The molecule has 1 amide bonds. The number of ether oxygens (including phenoxy) is 1. The second-order valence-corrected chi connectivity index (χ2v) is 11.0. The fraction of sp³-hybridized carbons (Fsp3) is 0.923. The van der Waals surface area contributed by atoms with Gasteiger partial charge in [-0.1, -0.05) is 57.8 Å². The number of rotatable bonds is 5. The SMILES string of the molecule is C1CCC(NC2CCCCC2)CC1.CC(C(=O)O)N(C(=O)OC(C)(C)C)C1CCCCC1. The van der Waals surface area contributed by atoms with Gasteiger partial charge in [0, 0.05) is 18.1 Å². The van der Waals surface area contributed by atoms with Gasteiger partial charge in [-0.2, -0.15) is 0 Å². The lowest BCUT2D eigenvalue weighted by Crippen LogP contribution is -2.51. The molecule has 0 aromatic heterocycles. The van der Waals surface area contributed by atoms with E-state index >= 15 is 0 Å². The Morgan fingerprint density at radius 2 is 1.22 bits per heavy atom. The minimum atomic E-state index is -0.989. The van der Waals surface area contributed by atoms with Gasteiger partial charge >= 0.3 is 12.1 Å². The molecule has 0 aromatic carbocycles. The van der Waals surface area contributed by atoms with Gasteiger partial charge in [-0.25, -0.2) is 9.59 Å². The minimum absolute atomic E-state index is 0.0188. The highest BCUT2D eigenvalue weighted by molar-refractivity contribution is 5.80. The maximum absolute atomic E-state index is 12.2. The van der Waals surface area contributed by atoms with Crippen LogP contribution in [0.4, 0.5) is 4.79 Å². The summed E-state index contributed by atoms with van der Waals surface area (Å²) in [5.41, 5.74) is -0.609. The van der Waals surface area contributed by atoms with Gasteiger partial charge in [0.05, 0.1) is 0 Å². The summed E-state index contributed by atoms with van der Waals surface area (Å²) in [5, 5.41) is 13.0. The monoisotopic (exact) mass is 452 g/mol. The topological polar surface area (TPSA) is 78.9 Å². The minimum Gasteiger partial charge on any atom is -0.480 e. The van der Waals surface area contributed by atoms with Gasteiger partial charge in [-0.05, 0) is 66.2 Å². The Kier molecular flexibility index (Phi) is 11.3. The van der Waals surface area contributed by atoms with Crippen molar-refractivity contribution in [3.63, 3.8) is 0 Å². The number of aliphatic carboxylic acids is 1. The second-order valence-electron chi connectivity index (χ2n) is 11.0. The zero-order valence-corrected chi connectivity index (χ0v) is 21.0. The van der Waals surface area contributed by atoms with Crippen LogP contribution in [0.1, 0.15) is 124 Å². The molecule has 186 valence electrons. The van der Waals surface area contributed by atoms with Crippen LogP contribution < -0.4 is 5.32 Å². The van der Waals surface area contributed by atoms with E-state index in [1.807, 2.05) is 0 Å². The molecule has 3 aliphatic rings. The molecule has 0 heterocycles. The van der Waals surface area contributed by atoms with Gasteiger partial charge in [0.1, 0.15) is 11.6 Å². The van der Waals surface area contributed by atoms with Gasteiger partial charge in [0.15, 0.2) is 0 Å². The molecule has 6 nitrogen and oxygen atoms in total. The van der Waals surface area contributed by atoms with E-state index in [1.165, 1.54) is 69.1 Å². The predicted molar refractivity (Wildman–Crippen MR) is 129 cm³/mol. The molecule has 0 spiro atoms. The van der Waals surface area contributed by atoms with Crippen LogP contribution in [0.3, 0.4) is 0 Å².